The first kappa shape index (κ1) is 29.5. The van der Waals surface area contributed by atoms with Crippen LogP contribution in [0.2, 0.25) is 0 Å². The normalized spacial score (nSPS) is 14.6. The summed E-state index contributed by atoms with van der Waals surface area (Å²) in [4.78, 5) is 0.0186. The van der Waals surface area contributed by atoms with Crippen molar-refractivity contribution < 1.29 is 28.0 Å². The monoisotopic (exact) mass is 633 g/mol. The van der Waals surface area contributed by atoms with Crippen molar-refractivity contribution >= 4 is 73.5 Å². The molecule has 1 aliphatic heterocycles. The van der Waals surface area contributed by atoms with E-state index in [2.05, 4.69) is 54.6 Å². The zero-order valence-corrected chi connectivity index (χ0v) is 23.9. The number of ether oxygens (including phenoxy) is 1. The fourth-order valence-electron chi connectivity index (χ4n) is 3.05. The number of hydrazone groups is 1. The van der Waals surface area contributed by atoms with Crippen molar-refractivity contribution in [1.82, 2.24) is 10.2 Å². The van der Waals surface area contributed by atoms with E-state index in [1.165, 1.54) is 48.5 Å². The predicted octanol–water partition coefficient (Wildman–Crippen LogP) is 5.34. The fourth-order valence-corrected chi connectivity index (χ4v) is 4.94. The number of amidine groups is 1. The molecule has 1 aromatic heterocycles. The Bertz CT molecular complexity index is 1470. The first-order valence-electron chi connectivity index (χ1n) is 10.4. The van der Waals surface area contributed by atoms with Crippen LogP contribution >= 0.6 is 22.1 Å². The van der Waals surface area contributed by atoms with Crippen LogP contribution in [0.3, 0.4) is 0 Å². The number of anilines is 2. The Labute approximate surface area is 241 Å². The molecule has 0 spiro atoms. The van der Waals surface area contributed by atoms with Crippen molar-refractivity contribution in [3.05, 3.63) is 76.5 Å². The summed E-state index contributed by atoms with van der Waals surface area (Å²) in [5, 5.41) is 26.0. The van der Waals surface area contributed by atoms with Gasteiger partial charge >= 0.3 is 25.0 Å². The second kappa shape index (κ2) is 13.6. The number of rotatable bonds is 8. The van der Waals surface area contributed by atoms with E-state index in [1.54, 1.807) is 6.92 Å². The number of methoxy groups -OCH3 is 1. The molecule has 199 valence electrons. The number of benzene rings is 2. The van der Waals surface area contributed by atoms with Crippen LogP contribution in [0.5, 0.6) is 5.88 Å². The molecule has 38 heavy (non-hydrogen) atoms. The van der Waals surface area contributed by atoms with Crippen molar-refractivity contribution in [2.45, 2.75) is 11.8 Å². The van der Waals surface area contributed by atoms with Gasteiger partial charge in [-0.2, -0.15) is 5.10 Å². The van der Waals surface area contributed by atoms with Crippen LogP contribution in [0.25, 0.3) is 0 Å². The summed E-state index contributed by atoms with van der Waals surface area (Å²) in [6.45, 7) is 1.78. The summed E-state index contributed by atoms with van der Waals surface area (Å²) in [5.74, 6) is 0.489. The van der Waals surface area contributed by atoms with E-state index in [-0.39, 0.29) is 22.4 Å². The summed E-state index contributed by atoms with van der Waals surface area (Å²) in [6.07, 6.45) is 0. The quantitative estimate of drug-likeness (QED) is 0.192. The SMILES string of the molecule is COc1ccc(NS(=O)(=O)c2ccc(N=NS/C([S-])=C3\C(=N)N(c4ccccc4)N=C3C)cc2)nn1.[Cl][Co+]. The van der Waals surface area contributed by atoms with E-state index < -0.39 is 10.0 Å². The van der Waals surface area contributed by atoms with E-state index >= 15 is 0 Å². The molecule has 0 radical (unpaired) electrons. The maximum absolute atomic E-state index is 12.6. The Hall–Kier alpha value is -3.08. The summed E-state index contributed by atoms with van der Waals surface area (Å²) >= 11 is 9.42. The minimum atomic E-state index is -3.87. The Kier molecular flexibility index (Phi) is 10.6. The van der Waals surface area contributed by atoms with Gasteiger partial charge in [0.1, 0.15) is 0 Å². The number of nitrogens with one attached hydrogen (secondary N) is 2. The van der Waals surface area contributed by atoms with Gasteiger partial charge in [-0.15, -0.1) is 24.1 Å². The second-order valence-electron chi connectivity index (χ2n) is 7.18. The summed E-state index contributed by atoms with van der Waals surface area (Å²) in [5.41, 5.74) is 2.30. The van der Waals surface area contributed by atoms with E-state index in [4.69, 9.17) is 22.8 Å². The average Bonchev–Trinajstić information content (AvgIpc) is 3.24. The Morgan fingerprint density at radius 2 is 1.79 bits per heavy atom. The molecule has 11 nitrogen and oxygen atoms in total. The number of hydrogen-bond acceptors (Lipinski definition) is 11. The Morgan fingerprint density at radius 3 is 2.39 bits per heavy atom. The van der Waals surface area contributed by atoms with Crippen LogP contribution in [0.4, 0.5) is 17.2 Å². The number of sulfonamides is 1. The Balaban J connectivity index is 0.00000195. The molecule has 0 amide bonds. The summed E-state index contributed by atoms with van der Waals surface area (Å²) < 4.78 is 36.8. The topological polar surface area (TPSA) is 145 Å². The minimum absolute atomic E-state index is 0.0186. The first-order chi connectivity index (χ1) is 18.3. The molecule has 1 aliphatic rings. The second-order valence-corrected chi connectivity index (χ2v) is 10.3. The van der Waals surface area contributed by atoms with Crippen LogP contribution in [0.15, 0.2) is 96.2 Å². The van der Waals surface area contributed by atoms with Gasteiger partial charge < -0.3 is 17.4 Å². The third kappa shape index (κ3) is 7.27. The standard InChI is InChI=1S/C22H20N8O3S3.ClH.Co/c1-14-20(21(23)30(27-14)16-6-4-3-5-7-16)22(34)35-29-24-15-8-10-17(11-9-15)36(31,32)28-18-12-13-19(33-2)26-25-18;;/h3-13,23,34H,1-2H3,(H,25,28);1H;/q;;+2/p-2/b22-20-,23-21?,29-24?;;. The van der Waals surface area contributed by atoms with Gasteiger partial charge in [0.05, 0.1) is 29.1 Å². The van der Waals surface area contributed by atoms with Gasteiger partial charge in [0.2, 0.25) is 5.88 Å². The van der Waals surface area contributed by atoms with Crippen LogP contribution in [0, 0.1) is 5.41 Å². The van der Waals surface area contributed by atoms with Gasteiger partial charge in [0.15, 0.2) is 11.7 Å². The van der Waals surface area contributed by atoms with Gasteiger partial charge in [-0.05, 0) is 49.4 Å². The molecule has 16 heteroatoms. The molecular formula is C22H19ClCoN8O3S3. The molecule has 2 heterocycles. The Morgan fingerprint density at radius 1 is 1.11 bits per heavy atom. The summed E-state index contributed by atoms with van der Waals surface area (Å²) in [6, 6.07) is 18.1. The zero-order chi connectivity index (χ0) is 27.7. The van der Waals surface area contributed by atoms with Crippen molar-refractivity contribution in [3.63, 3.8) is 0 Å². The van der Waals surface area contributed by atoms with Crippen molar-refractivity contribution in [2.24, 2.45) is 14.7 Å². The average molecular weight is 634 g/mol. The van der Waals surface area contributed by atoms with Crippen LogP contribution in [-0.2, 0) is 37.5 Å². The van der Waals surface area contributed by atoms with Crippen molar-refractivity contribution in [1.29, 1.82) is 5.41 Å². The number of aromatic nitrogens is 2. The van der Waals surface area contributed by atoms with Gasteiger partial charge in [-0.25, -0.2) is 13.4 Å². The molecule has 2 N–H and O–H groups in total. The van der Waals surface area contributed by atoms with E-state index in [1.807, 2.05) is 30.3 Å². The van der Waals surface area contributed by atoms with Gasteiger partial charge in [-0.1, -0.05) is 18.2 Å². The van der Waals surface area contributed by atoms with E-state index in [0.29, 0.717) is 21.2 Å². The fraction of sp³-hybridized carbons (Fsp3) is 0.0909. The van der Waals surface area contributed by atoms with Crippen LogP contribution < -0.4 is 14.5 Å². The molecule has 0 unspecified atom stereocenters. The van der Waals surface area contributed by atoms with Crippen LogP contribution in [-0.4, -0.2) is 37.3 Å². The van der Waals surface area contributed by atoms with Gasteiger partial charge in [0, 0.05) is 23.6 Å². The molecule has 0 aliphatic carbocycles. The van der Waals surface area contributed by atoms with Crippen molar-refractivity contribution in [2.75, 3.05) is 16.8 Å². The molecule has 0 fully saturated rings. The molecule has 2 aromatic carbocycles. The molecule has 0 atom stereocenters. The van der Waals surface area contributed by atoms with Gasteiger partial charge in [0.25, 0.3) is 10.0 Å². The molecule has 0 saturated heterocycles. The number of para-hydroxylation sites is 1. The number of nitrogens with zero attached hydrogens (tertiary/aromatic N) is 6. The molecular weight excluding hydrogens is 615 g/mol. The maximum atomic E-state index is 12.6. The van der Waals surface area contributed by atoms with E-state index in [0.717, 1.165) is 17.6 Å². The molecule has 3 aromatic rings. The van der Waals surface area contributed by atoms with Crippen molar-refractivity contribution in [3.8, 4) is 5.88 Å². The molecule has 0 saturated carbocycles. The third-order valence-electron chi connectivity index (χ3n) is 4.78. The van der Waals surface area contributed by atoms with Gasteiger partial charge in [-0.3, -0.25) is 10.1 Å². The molecule has 0 bridgehead atoms. The number of halogens is 1. The molecule has 4 rings (SSSR count). The van der Waals surface area contributed by atoms with Crippen LogP contribution in [0.1, 0.15) is 6.92 Å². The number of hydrogen-bond donors (Lipinski definition) is 2. The predicted molar refractivity (Wildman–Crippen MR) is 148 cm³/mol. The first-order valence-corrected chi connectivity index (χ1v) is 14.5. The zero-order valence-electron chi connectivity index (χ0n) is 19.7. The van der Waals surface area contributed by atoms with E-state index in [9.17, 15) is 8.42 Å². The third-order valence-corrected chi connectivity index (χ3v) is 7.11. The summed E-state index contributed by atoms with van der Waals surface area (Å²) in [7, 11) is 1.89.